The Morgan fingerprint density at radius 3 is 2.75 bits per heavy atom. The maximum absolute atomic E-state index is 12.3. The number of β-lactam (4-membered cyclic amide) rings is 1. The molecule has 2 unspecified atom stereocenters. The highest BCUT2D eigenvalue weighted by molar-refractivity contribution is 8.00. The Hall–Kier alpha value is -2.48. The van der Waals surface area contributed by atoms with E-state index in [0.29, 0.717) is 11.3 Å². The SMILES string of the molecule is CC1=C(OC(=O)O)N2C(=O)C(NC(=O)Cc3ccccc3)C2SC1. The third-order valence-corrected chi connectivity index (χ3v) is 5.23. The number of carboxylic acid groups (broad SMARTS) is 1. The van der Waals surface area contributed by atoms with Gasteiger partial charge in [0.25, 0.3) is 5.91 Å². The quantitative estimate of drug-likeness (QED) is 0.633. The first-order valence-electron chi connectivity index (χ1n) is 7.36. The Labute approximate surface area is 142 Å². The number of fused-ring (bicyclic) bond motifs is 1. The minimum atomic E-state index is -1.46. The number of nitrogens with zero attached hydrogens (tertiary/aromatic N) is 1. The number of carbonyl (C=O) groups is 3. The number of thioether (sulfide) groups is 1. The van der Waals surface area contributed by atoms with Crippen LogP contribution in [0, 0.1) is 0 Å². The van der Waals surface area contributed by atoms with Crippen LogP contribution in [0.5, 0.6) is 0 Å². The molecule has 2 atom stereocenters. The fourth-order valence-electron chi connectivity index (χ4n) is 2.69. The topological polar surface area (TPSA) is 95.9 Å². The van der Waals surface area contributed by atoms with Gasteiger partial charge in [0.2, 0.25) is 11.8 Å². The maximum Gasteiger partial charge on any atom is 0.512 e. The molecular formula is C16H16N2O5S. The van der Waals surface area contributed by atoms with Gasteiger partial charge in [-0.2, -0.15) is 0 Å². The van der Waals surface area contributed by atoms with E-state index in [0.717, 1.165) is 5.56 Å². The first-order valence-corrected chi connectivity index (χ1v) is 8.40. The molecule has 0 aliphatic carbocycles. The van der Waals surface area contributed by atoms with Crippen LogP contribution >= 0.6 is 11.8 Å². The number of hydrogen-bond donors (Lipinski definition) is 2. The molecule has 1 aromatic carbocycles. The fourth-order valence-corrected chi connectivity index (χ4v) is 3.96. The van der Waals surface area contributed by atoms with Crippen molar-refractivity contribution >= 4 is 29.7 Å². The molecule has 2 N–H and O–H groups in total. The summed E-state index contributed by atoms with van der Waals surface area (Å²) in [6.07, 6.45) is -1.27. The van der Waals surface area contributed by atoms with E-state index in [1.54, 1.807) is 6.92 Å². The summed E-state index contributed by atoms with van der Waals surface area (Å²) in [4.78, 5) is 36.5. The zero-order chi connectivity index (χ0) is 17.3. The molecule has 1 saturated heterocycles. The number of benzene rings is 1. The predicted molar refractivity (Wildman–Crippen MR) is 87.0 cm³/mol. The highest BCUT2D eigenvalue weighted by atomic mass is 32.2. The monoisotopic (exact) mass is 348 g/mol. The average molecular weight is 348 g/mol. The lowest BCUT2D eigenvalue weighted by Gasteiger charge is -2.48. The van der Waals surface area contributed by atoms with Crippen LogP contribution in [0.1, 0.15) is 12.5 Å². The van der Waals surface area contributed by atoms with Crippen molar-refractivity contribution in [2.45, 2.75) is 24.8 Å². The summed E-state index contributed by atoms with van der Waals surface area (Å²) < 4.78 is 4.73. The minimum absolute atomic E-state index is 0.0600. The third-order valence-electron chi connectivity index (χ3n) is 3.81. The van der Waals surface area contributed by atoms with E-state index >= 15 is 0 Å². The molecule has 0 radical (unpaired) electrons. The second-order valence-corrected chi connectivity index (χ2v) is 6.68. The molecule has 2 amide bonds. The standard InChI is InChI=1S/C16H16N2O5S/c1-9-8-24-15-12(13(20)18(15)14(9)23-16(21)22)17-11(19)7-10-5-3-2-4-6-10/h2-6,12,15H,7-8H2,1H3,(H,17,19)(H,21,22). The van der Waals surface area contributed by atoms with E-state index in [1.165, 1.54) is 16.7 Å². The molecule has 1 fully saturated rings. The maximum atomic E-state index is 12.3. The van der Waals surface area contributed by atoms with Gasteiger partial charge < -0.3 is 15.2 Å². The van der Waals surface area contributed by atoms with Crippen molar-refractivity contribution in [1.82, 2.24) is 10.2 Å². The number of hydrogen-bond acceptors (Lipinski definition) is 5. The summed E-state index contributed by atoms with van der Waals surface area (Å²) in [5, 5.41) is 11.2. The fraction of sp³-hybridized carbons (Fsp3) is 0.312. The van der Waals surface area contributed by atoms with Crippen LogP contribution in [0.15, 0.2) is 41.8 Å². The molecule has 2 heterocycles. The molecule has 126 valence electrons. The molecular weight excluding hydrogens is 332 g/mol. The molecule has 3 rings (SSSR count). The van der Waals surface area contributed by atoms with Gasteiger partial charge in [-0.1, -0.05) is 30.3 Å². The third kappa shape index (κ3) is 3.09. The number of amides is 2. The molecule has 7 nitrogen and oxygen atoms in total. The van der Waals surface area contributed by atoms with Gasteiger partial charge in [-0.05, 0) is 18.1 Å². The highest BCUT2D eigenvalue weighted by Crippen LogP contribution is 2.40. The van der Waals surface area contributed by atoms with Gasteiger partial charge >= 0.3 is 6.16 Å². The lowest BCUT2D eigenvalue weighted by Crippen LogP contribution is -2.70. The van der Waals surface area contributed by atoms with E-state index < -0.39 is 12.2 Å². The highest BCUT2D eigenvalue weighted by Gasteiger charge is 2.53. The van der Waals surface area contributed by atoms with Crippen LogP contribution in [0.2, 0.25) is 0 Å². The van der Waals surface area contributed by atoms with Crippen LogP contribution < -0.4 is 5.32 Å². The molecule has 0 saturated carbocycles. The van der Waals surface area contributed by atoms with Gasteiger partial charge in [0.1, 0.15) is 11.4 Å². The van der Waals surface area contributed by atoms with Gasteiger partial charge in [0, 0.05) is 5.75 Å². The van der Waals surface area contributed by atoms with Crippen molar-refractivity contribution in [3.05, 3.63) is 47.4 Å². The molecule has 8 heteroatoms. The number of rotatable bonds is 4. The summed E-state index contributed by atoms with van der Waals surface area (Å²) in [6, 6.07) is 8.58. The Kier molecular flexibility index (Phi) is 4.48. The lowest BCUT2D eigenvalue weighted by atomic mass is 10.1. The largest absolute Gasteiger partial charge is 0.512 e. The second-order valence-electron chi connectivity index (χ2n) is 5.57. The first kappa shape index (κ1) is 16.4. The second kappa shape index (κ2) is 6.56. The summed E-state index contributed by atoms with van der Waals surface area (Å²) in [5.74, 6) is 0.00284. The van der Waals surface area contributed by atoms with Crippen molar-refractivity contribution in [3.8, 4) is 0 Å². The van der Waals surface area contributed by atoms with Crippen molar-refractivity contribution in [3.63, 3.8) is 0 Å². The van der Waals surface area contributed by atoms with E-state index in [2.05, 4.69) is 5.32 Å². The predicted octanol–water partition coefficient (Wildman–Crippen LogP) is 1.56. The Balaban J connectivity index is 1.65. The summed E-state index contributed by atoms with van der Waals surface area (Å²) >= 11 is 1.47. The van der Waals surface area contributed by atoms with E-state index in [1.807, 2.05) is 30.3 Å². The number of ether oxygens (including phenoxy) is 1. The zero-order valence-corrected chi connectivity index (χ0v) is 13.7. The van der Waals surface area contributed by atoms with Crippen LogP contribution in [0.3, 0.4) is 0 Å². The Morgan fingerprint density at radius 1 is 1.38 bits per heavy atom. The van der Waals surface area contributed by atoms with Gasteiger partial charge in [-0.3, -0.25) is 14.5 Å². The minimum Gasteiger partial charge on any atom is -0.449 e. The smallest absolute Gasteiger partial charge is 0.449 e. The summed E-state index contributed by atoms with van der Waals surface area (Å²) in [7, 11) is 0. The Bertz CT molecular complexity index is 718. The molecule has 0 bridgehead atoms. The summed E-state index contributed by atoms with van der Waals surface area (Å²) in [6.45, 7) is 1.72. The van der Waals surface area contributed by atoms with Crippen molar-refractivity contribution in [1.29, 1.82) is 0 Å². The zero-order valence-electron chi connectivity index (χ0n) is 12.9. The van der Waals surface area contributed by atoms with Crippen LogP contribution in [0.4, 0.5) is 4.79 Å². The van der Waals surface area contributed by atoms with Crippen LogP contribution in [-0.4, -0.2) is 45.1 Å². The normalized spacial score (nSPS) is 22.5. The lowest BCUT2D eigenvalue weighted by molar-refractivity contribution is -0.149. The van der Waals surface area contributed by atoms with E-state index in [4.69, 9.17) is 9.84 Å². The van der Waals surface area contributed by atoms with Crippen LogP contribution in [-0.2, 0) is 20.7 Å². The van der Waals surface area contributed by atoms with E-state index in [9.17, 15) is 14.4 Å². The molecule has 24 heavy (non-hydrogen) atoms. The van der Waals surface area contributed by atoms with Crippen LogP contribution in [0.25, 0.3) is 0 Å². The first-order chi connectivity index (χ1) is 11.5. The van der Waals surface area contributed by atoms with Crippen molar-refractivity contribution in [2.24, 2.45) is 0 Å². The summed E-state index contributed by atoms with van der Waals surface area (Å²) in [5.41, 5.74) is 1.54. The van der Waals surface area contributed by atoms with Gasteiger partial charge in [0.15, 0.2) is 0 Å². The van der Waals surface area contributed by atoms with Gasteiger partial charge in [0.05, 0.1) is 6.42 Å². The number of nitrogens with one attached hydrogen (secondary N) is 1. The van der Waals surface area contributed by atoms with E-state index in [-0.39, 0.29) is 29.5 Å². The van der Waals surface area contributed by atoms with Crippen molar-refractivity contribution in [2.75, 3.05) is 5.75 Å². The molecule has 2 aliphatic heterocycles. The Morgan fingerprint density at radius 2 is 2.08 bits per heavy atom. The molecule has 0 aromatic heterocycles. The van der Waals surface area contributed by atoms with Crippen molar-refractivity contribution < 1.29 is 24.2 Å². The van der Waals surface area contributed by atoms with Gasteiger partial charge in [-0.15, -0.1) is 11.8 Å². The number of carbonyl (C=O) groups excluding carboxylic acids is 2. The molecule has 1 aromatic rings. The molecule has 0 spiro atoms. The average Bonchev–Trinajstić information content (AvgIpc) is 2.55. The van der Waals surface area contributed by atoms with Gasteiger partial charge in [-0.25, -0.2) is 4.79 Å². The molecule has 2 aliphatic rings.